The van der Waals surface area contributed by atoms with Crippen LogP contribution in [0.25, 0.3) is 0 Å². The van der Waals surface area contributed by atoms with Crippen molar-refractivity contribution in [3.63, 3.8) is 0 Å². The highest BCUT2D eigenvalue weighted by Gasteiger charge is 2.32. The lowest BCUT2D eigenvalue weighted by Gasteiger charge is -2.30. The average molecular weight is 420 g/mol. The van der Waals surface area contributed by atoms with E-state index < -0.39 is 17.2 Å². The molecule has 2 rings (SSSR count). The predicted molar refractivity (Wildman–Crippen MR) is 106 cm³/mol. The Balaban J connectivity index is 2.06. The summed E-state index contributed by atoms with van der Waals surface area (Å²) in [6, 6.07) is 6.14. The highest BCUT2D eigenvalue weighted by atomic mass is 32.2. The maximum Gasteiger partial charge on any atom is 0.573 e. The second kappa shape index (κ2) is 10.7. The van der Waals surface area contributed by atoms with E-state index >= 15 is 0 Å². The Morgan fingerprint density at radius 3 is 2.71 bits per heavy atom. The number of hydrogen-bond donors (Lipinski definition) is 2. The van der Waals surface area contributed by atoms with E-state index in [1.54, 1.807) is 12.1 Å². The molecule has 0 radical (unpaired) electrons. The van der Waals surface area contributed by atoms with Gasteiger partial charge in [0.25, 0.3) is 0 Å². The first-order chi connectivity index (χ1) is 13.3. The summed E-state index contributed by atoms with van der Waals surface area (Å²) in [6.45, 7) is 4.54. The van der Waals surface area contributed by atoms with Crippen molar-refractivity contribution in [3.05, 3.63) is 29.8 Å². The monoisotopic (exact) mass is 419 g/mol. The topological polar surface area (TPSA) is 62.7 Å². The van der Waals surface area contributed by atoms with E-state index in [1.165, 1.54) is 12.1 Å². The van der Waals surface area contributed by atoms with Crippen LogP contribution in [0.2, 0.25) is 0 Å². The fourth-order valence-electron chi connectivity index (χ4n) is 3.29. The molecule has 0 aliphatic heterocycles. The molecule has 158 valence electrons. The van der Waals surface area contributed by atoms with Gasteiger partial charge in [0, 0.05) is 40.0 Å². The smallest absolute Gasteiger partial charge is 0.405 e. The first-order valence-electron chi connectivity index (χ1n) is 9.58. The van der Waals surface area contributed by atoms with Gasteiger partial charge < -0.3 is 15.4 Å². The predicted octanol–water partition coefficient (Wildman–Crippen LogP) is 3.72. The summed E-state index contributed by atoms with van der Waals surface area (Å²) in [7, 11) is -0.822. The molecule has 3 unspecified atom stereocenters. The quantitative estimate of drug-likeness (QED) is 0.522. The molecule has 5 nitrogen and oxygen atoms in total. The molecule has 0 heterocycles. The molecule has 0 saturated heterocycles. The van der Waals surface area contributed by atoms with E-state index in [2.05, 4.69) is 20.4 Å². The third-order valence-electron chi connectivity index (χ3n) is 4.57. The van der Waals surface area contributed by atoms with Crippen molar-refractivity contribution >= 4 is 16.8 Å². The standard InChI is InChI=1S/C19H28F3N3O2S/c1-3-23-18(25-15-9-7-10-16(12-15)28(26)4-2)24-13-14-8-5-6-11-17(14)27-19(20,21)22/h5-6,8,11,15-16H,3-4,7,9-10,12-13H2,1-2H3,(H2,23,24,25). The number of nitrogens with one attached hydrogen (secondary N) is 2. The van der Waals surface area contributed by atoms with E-state index in [1.807, 2.05) is 13.8 Å². The molecule has 1 aliphatic carbocycles. The van der Waals surface area contributed by atoms with Gasteiger partial charge in [-0.15, -0.1) is 13.2 Å². The minimum absolute atomic E-state index is 0.0542. The van der Waals surface area contributed by atoms with Gasteiger partial charge >= 0.3 is 6.36 Å². The van der Waals surface area contributed by atoms with E-state index in [-0.39, 0.29) is 23.6 Å². The van der Waals surface area contributed by atoms with Gasteiger partial charge in [-0.05, 0) is 32.3 Å². The normalized spacial score (nSPS) is 21.8. The van der Waals surface area contributed by atoms with Gasteiger partial charge in [0.15, 0.2) is 5.96 Å². The molecule has 9 heteroatoms. The number of halogens is 3. The largest absolute Gasteiger partial charge is 0.573 e. The van der Waals surface area contributed by atoms with Gasteiger partial charge in [-0.3, -0.25) is 4.21 Å². The minimum atomic E-state index is -4.74. The van der Waals surface area contributed by atoms with Crippen molar-refractivity contribution in [2.75, 3.05) is 12.3 Å². The van der Waals surface area contributed by atoms with E-state index in [0.717, 1.165) is 25.7 Å². The maximum absolute atomic E-state index is 12.6. The zero-order chi connectivity index (χ0) is 20.6. The lowest BCUT2D eigenvalue weighted by atomic mass is 9.95. The van der Waals surface area contributed by atoms with Crippen molar-refractivity contribution in [3.8, 4) is 5.75 Å². The van der Waals surface area contributed by atoms with Crippen LogP contribution in [-0.2, 0) is 17.3 Å². The summed E-state index contributed by atoms with van der Waals surface area (Å²) in [4.78, 5) is 4.43. The van der Waals surface area contributed by atoms with Crippen LogP contribution in [0, 0.1) is 0 Å². The van der Waals surface area contributed by atoms with E-state index in [9.17, 15) is 17.4 Å². The Labute approximate surface area is 166 Å². The number of nitrogens with zero attached hydrogens (tertiary/aromatic N) is 1. The van der Waals surface area contributed by atoms with Crippen LogP contribution in [0.1, 0.15) is 45.1 Å². The third kappa shape index (κ3) is 7.33. The Morgan fingerprint density at radius 2 is 2.04 bits per heavy atom. The molecule has 0 amide bonds. The number of guanidine groups is 1. The summed E-state index contributed by atoms with van der Waals surface area (Å²) in [5.41, 5.74) is 0.352. The summed E-state index contributed by atoms with van der Waals surface area (Å²) < 4.78 is 53.9. The zero-order valence-electron chi connectivity index (χ0n) is 16.2. The number of hydrogen-bond acceptors (Lipinski definition) is 3. The lowest BCUT2D eigenvalue weighted by molar-refractivity contribution is -0.274. The van der Waals surface area contributed by atoms with Crippen molar-refractivity contribution in [2.24, 2.45) is 4.99 Å². The Bertz CT molecular complexity index is 683. The molecular weight excluding hydrogens is 391 g/mol. The summed E-state index contributed by atoms with van der Waals surface area (Å²) >= 11 is 0. The molecule has 0 spiro atoms. The molecule has 3 atom stereocenters. The fraction of sp³-hybridized carbons (Fsp3) is 0.632. The fourth-order valence-corrected chi connectivity index (χ4v) is 4.63. The number of alkyl halides is 3. The zero-order valence-corrected chi connectivity index (χ0v) is 17.0. The van der Waals surface area contributed by atoms with Crippen molar-refractivity contribution in [1.29, 1.82) is 0 Å². The van der Waals surface area contributed by atoms with Crippen LogP contribution >= 0.6 is 0 Å². The van der Waals surface area contributed by atoms with Crippen LogP contribution in [0.15, 0.2) is 29.3 Å². The van der Waals surface area contributed by atoms with Gasteiger partial charge in [-0.2, -0.15) is 0 Å². The van der Waals surface area contributed by atoms with Crippen LogP contribution in [0.4, 0.5) is 13.2 Å². The van der Waals surface area contributed by atoms with Gasteiger partial charge in [0.2, 0.25) is 0 Å². The second-order valence-corrected chi connectivity index (χ2v) is 8.66. The molecule has 1 aromatic rings. The minimum Gasteiger partial charge on any atom is -0.405 e. The maximum atomic E-state index is 12.6. The average Bonchev–Trinajstić information content (AvgIpc) is 2.65. The lowest BCUT2D eigenvalue weighted by Crippen LogP contribution is -2.46. The molecule has 28 heavy (non-hydrogen) atoms. The first-order valence-corrected chi connectivity index (χ1v) is 11.0. The molecular formula is C19H28F3N3O2S. The molecule has 1 fully saturated rings. The molecule has 2 N–H and O–H groups in total. The van der Waals surface area contributed by atoms with Crippen LogP contribution in [-0.4, -0.2) is 40.1 Å². The summed E-state index contributed by atoms with van der Waals surface area (Å²) in [5, 5.41) is 6.65. The van der Waals surface area contributed by atoms with Gasteiger partial charge in [0.05, 0.1) is 6.54 Å². The van der Waals surface area contributed by atoms with E-state index in [0.29, 0.717) is 23.8 Å². The Hall–Kier alpha value is -1.77. The number of rotatable bonds is 7. The molecule has 1 aliphatic rings. The van der Waals surface area contributed by atoms with Gasteiger partial charge in [-0.25, -0.2) is 4.99 Å². The highest BCUT2D eigenvalue weighted by Crippen LogP contribution is 2.27. The highest BCUT2D eigenvalue weighted by molar-refractivity contribution is 7.85. The number of benzene rings is 1. The SMILES string of the molecule is CCNC(=NCc1ccccc1OC(F)(F)F)NC1CCCC(S(=O)CC)C1. The Morgan fingerprint density at radius 1 is 1.29 bits per heavy atom. The van der Waals surface area contributed by atoms with Gasteiger partial charge in [-0.1, -0.05) is 31.5 Å². The molecule has 0 aromatic heterocycles. The second-order valence-electron chi connectivity index (χ2n) is 6.65. The molecule has 0 bridgehead atoms. The third-order valence-corrected chi connectivity index (χ3v) is 6.31. The Kier molecular flexibility index (Phi) is 8.59. The number of ether oxygens (including phenoxy) is 1. The van der Waals surface area contributed by atoms with Crippen molar-refractivity contribution in [1.82, 2.24) is 10.6 Å². The van der Waals surface area contributed by atoms with Crippen LogP contribution < -0.4 is 15.4 Å². The summed E-state index contributed by atoms with van der Waals surface area (Å²) in [6.07, 6.45) is -1.02. The van der Waals surface area contributed by atoms with Crippen molar-refractivity contribution < 1.29 is 22.1 Å². The number of para-hydroxylation sites is 1. The van der Waals surface area contributed by atoms with Crippen molar-refractivity contribution in [2.45, 2.75) is 63.7 Å². The van der Waals surface area contributed by atoms with Gasteiger partial charge in [0.1, 0.15) is 5.75 Å². The number of aliphatic imine (C=N–C) groups is 1. The summed E-state index contributed by atoms with van der Waals surface area (Å²) in [5.74, 6) is 0.949. The molecule has 1 aromatic carbocycles. The van der Waals surface area contributed by atoms with Crippen LogP contribution in [0.3, 0.4) is 0 Å². The molecule has 1 saturated carbocycles. The first kappa shape index (κ1) is 22.5. The van der Waals surface area contributed by atoms with E-state index in [4.69, 9.17) is 0 Å². The van der Waals surface area contributed by atoms with Crippen LogP contribution in [0.5, 0.6) is 5.75 Å².